The maximum Gasteiger partial charge on any atom is 0.127 e. The van der Waals surface area contributed by atoms with Gasteiger partial charge in [-0.1, -0.05) is 19.6 Å². The van der Waals surface area contributed by atoms with Gasteiger partial charge in [-0.25, -0.2) is 0 Å². The van der Waals surface area contributed by atoms with Gasteiger partial charge in [0.2, 0.25) is 0 Å². The first-order valence-electron chi connectivity index (χ1n) is 7.07. The minimum absolute atomic E-state index is 0.0736. The van der Waals surface area contributed by atoms with E-state index in [-0.39, 0.29) is 5.54 Å². The Labute approximate surface area is 123 Å². The number of nitrogens with one attached hydrogen (secondary N) is 1. The molecule has 0 aliphatic rings. The van der Waals surface area contributed by atoms with Gasteiger partial charge in [0.15, 0.2) is 0 Å². The van der Waals surface area contributed by atoms with E-state index in [2.05, 4.69) is 39.6 Å². The van der Waals surface area contributed by atoms with Gasteiger partial charge < -0.3 is 14.8 Å². The summed E-state index contributed by atoms with van der Waals surface area (Å²) < 4.78 is 11.1. The highest BCUT2D eigenvalue weighted by molar-refractivity contribution is 5.41. The highest BCUT2D eigenvalue weighted by Gasteiger charge is 2.12. The average molecular weight is 277 g/mol. The van der Waals surface area contributed by atoms with Gasteiger partial charge in [-0.05, 0) is 38.8 Å². The molecule has 0 saturated heterocycles. The van der Waals surface area contributed by atoms with Gasteiger partial charge in [-0.15, -0.1) is 0 Å². The average Bonchev–Trinajstić information content (AvgIpc) is 2.41. The SMILES string of the molecule is C=C(CC)COc1cc(OC)ccc1CNC(C)(C)C. The lowest BCUT2D eigenvalue weighted by atomic mass is 10.1. The highest BCUT2D eigenvalue weighted by Crippen LogP contribution is 2.26. The Morgan fingerprint density at radius 2 is 2.00 bits per heavy atom. The second kappa shape index (κ2) is 7.34. The van der Waals surface area contributed by atoms with Crippen molar-refractivity contribution < 1.29 is 9.47 Å². The van der Waals surface area contributed by atoms with E-state index in [1.54, 1.807) is 7.11 Å². The molecule has 1 rings (SSSR count). The van der Waals surface area contributed by atoms with Gasteiger partial charge in [-0.2, -0.15) is 0 Å². The molecule has 0 aliphatic heterocycles. The predicted molar refractivity (Wildman–Crippen MR) is 84.5 cm³/mol. The molecule has 0 spiro atoms. The van der Waals surface area contributed by atoms with E-state index >= 15 is 0 Å². The van der Waals surface area contributed by atoms with Crippen LogP contribution in [0.4, 0.5) is 0 Å². The van der Waals surface area contributed by atoms with Gasteiger partial charge in [0, 0.05) is 23.7 Å². The Balaban J connectivity index is 2.83. The third-order valence-electron chi connectivity index (χ3n) is 3.02. The summed E-state index contributed by atoms with van der Waals surface area (Å²) in [7, 11) is 1.66. The number of ether oxygens (including phenoxy) is 2. The smallest absolute Gasteiger partial charge is 0.127 e. The zero-order valence-electron chi connectivity index (χ0n) is 13.4. The first-order chi connectivity index (χ1) is 9.35. The van der Waals surface area contributed by atoms with Crippen LogP contribution in [0.3, 0.4) is 0 Å². The molecule has 0 atom stereocenters. The summed E-state index contributed by atoms with van der Waals surface area (Å²) in [5.74, 6) is 1.66. The van der Waals surface area contributed by atoms with Crippen LogP contribution in [0.5, 0.6) is 11.5 Å². The van der Waals surface area contributed by atoms with E-state index in [4.69, 9.17) is 9.47 Å². The van der Waals surface area contributed by atoms with Crippen LogP contribution in [-0.2, 0) is 6.54 Å². The van der Waals surface area contributed by atoms with Crippen molar-refractivity contribution in [3.63, 3.8) is 0 Å². The molecule has 1 aromatic rings. The van der Waals surface area contributed by atoms with Crippen molar-refractivity contribution in [1.29, 1.82) is 0 Å². The van der Waals surface area contributed by atoms with E-state index in [1.807, 2.05) is 18.2 Å². The largest absolute Gasteiger partial charge is 0.497 e. The van der Waals surface area contributed by atoms with Crippen molar-refractivity contribution in [1.82, 2.24) is 5.32 Å². The fourth-order valence-electron chi connectivity index (χ4n) is 1.58. The fourth-order valence-corrected chi connectivity index (χ4v) is 1.58. The van der Waals surface area contributed by atoms with Crippen LogP contribution in [-0.4, -0.2) is 19.3 Å². The Hall–Kier alpha value is -1.48. The van der Waals surface area contributed by atoms with Crippen LogP contribution in [0.25, 0.3) is 0 Å². The topological polar surface area (TPSA) is 30.5 Å². The van der Waals surface area contributed by atoms with E-state index in [1.165, 1.54) is 0 Å². The minimum atomic E-state index is 0.0736. The van der Waals surface area contributed by atoms with Crippen molar-refractivity contribution in [2.24, 2.45) is 0 Å². The van der Waals surface area contributed by atoms with Crippen molar-refractivity contribution in [2.75, 3.05) is 13.7 Å². The van der Waals surface area contributed by atoms with Crippen LogP contribution in [0, 0.1) is 0 Å². The summed E-state index contributed by atoms with van der Waals surface area (Å²) in [4.78, 5) is 0. The third-order valence-corrected chi connectivity index (χ3v) is 3.02. The molecule has 0 radical (unpaired) electrons. The molecule has 3 nitrogen and oxygen atoms in total. The summed E-state index contributed by atoms with van der Waals surface area (Å²) in [6.07, 6.45) is 0.930. The summed E-state index contributed by atoms with van der Waals surface area (Å²) in [5.41, 5.74) is 2.29. The van der Waals surface area contributed by atoms with Crippen molar-refractivity contribution in [3.8, 4) is 11.5 Å². The molecule has 1 N–H and O–H groups in total. The molecule has 0 aromatic heterocycles. The van der Waals surface area contributed by atoms with Gasteiger partial charge in [0.25, 0.3) is 0 Å². The number of hydrogen-bond donors (Lipinski definition) is 1. The molecule has 1 aromatic carbocycles. The summed E-state index contributed by atoms with van der Waals surface area (Å²) in [6.45, 7) is 13.8. The molecule has 112 valence electrons. The normalized spacial score (nSPS) is 11.2. The lowest BCUT2D eigenvalue weighted by Gasteiger charge is -2.22. The molecule has 0 unspecified atom stereocenters. The molecular formula is C17H27NO2. The van der Waals surface area contributed by atoms with Crippen molar-refractivity contribution in [2.45, 2.75) is 46.2 Å². The van der Waals surface area contributed by atoms with Crippen LogP contribution in [0.1, 0.15) is 39.7 Å². The Morgan fingerprint density at radius 3 is 2.55 bits per heavy atom. The van der Waals surface area contributed by atoms with Gasteiger partial charge in [0.1, 0.15) is 18.1 Å². The first kappa shape index (κ1) is 16.6. The maximum atomic E-state index is 5.88. The second-order valence-electron chi connectivity index (χ2n) is 5.97. The summed E-state index contributed by atoms with van der Waals surface area (Å²) in [6, 6.07) is 5.94. The molecule has 0 amide bonds. The lowest BCUT2D eigenvalue weighted by molar-refractivity contribution is 0.336. The molecular weight excluding hydrogens is 250 g/mol. The number of methoxy groups -OCH3 is 1. The van der Waals surface area contributed by atoms with Crippen LogP contribution in [0.2, 0.25) is 0 Å². The zero-order valence-corrected chi connectivity index (χ0v) is 13.4. The third kappa shape index (κ3) is 5.66. The standard InChI is InChI=1S/C17H27NO2/c1-7-13(2)12-20-16-10-15(19-6)9-8-14(16)11-18-17(3,4)5/h8-10,18H,2,7,11-12H2,1,3-6H3. The monoisotopic (exact) mass is 277 g/mol. The van der Waals surface area contributed by atoms with E-state index < -0.39 is 0 Å². The highest BCUT2D eigenvalue weighted by atomic mass is 16.5. The molecule has 0 bridgehead atoms. The van der Waals surface area contributed by atoms with Crippen LogP contribution >= 0.6 is 0 Å². The van der Waals surface area contributed by atoms with E-state index in [9.17, 15) is 0 Å². The molecule has 3 heteroatoms. The summed E-state index contributed by atoms with van der Waals surface area (Å²) >= 11 is 0. The minimum Gasteiger partial charge on any atom is -0.497 e. The van der Waals surface area contributed by atoms with Gasteiger partial charge in [0.05, 0.1) is 7.11 Å². The molecule has 20 heavy (non-hydrogen) atoms. The van der Waals surface area contributed by atoms with Crippen molar-refractivity contribution in [3.05, 3.63) is 35.9 Å². The van der Waals surface area contributed by atoms with Crippen molar-refractivity contribution >= 4 is 0 Å². The van der Waals surface area contributed by atoms with Gasteiger partial charge >= 0.3 is 0 Å². The number of benzene rings is 1. The van der Waals surface area contributed by atoms with Crippen LogP contribution in [0.15, 0.2) is 30.4 Å². The number of rotatable bonds is 7. The Kier molecular flexibility index (Phi) is 6.08. The lowest BCUT2D eigenvalue weighted by Crippen LogP contribution is -2.35. The van der Waals surface area contributed by atoms with E-state index in [0.717, 1.165) is 35.6 Å². The number of hydrogen-bond acceptors (Lipinski definition) is 3. The quantitative estimate of drug-likeness (QED) is 0.766. The van der Waals surface area contributed by atoms with E-state index in [0.29, 0.717) is 6.61 Å². The Morgan fingerprint density at radius 1 is 1.30 bits per heavy atom. The summed E-state index contributed by atoms with van der Waals surface area (Å²) in [5, 5.41) is 3.47. The maximum absolute atomic E-state index is 5.88. The first-order valence-corrected chi connectivity index (χ1v) is 7.07. The Bertz CT molecular complexity index is 447. The van der Waals surface area contributed by atoms with Crippen LogP contribution < -0.4 is 14.8 Å². The molecule has 0 aliphatic carbocycles. The van der Waals surface area contributed by atoms with Gasteiger partial charge in [-0.3, -0.25) is 0 Å². The molecule has 0 fully saturated rings. The predicted octanol–water partition coefficient (Wildman–Crippen LogP) is 3.93. The second-order valence-corrected chi connectivity index (χ2v) is 5.97. The zero-order chi connectivity index (χ0) is 15.2. The molecule has 0 heterocycles. The fraction of sp³-hybridized carbons (Fsp3) is 0.529. The molecule has 0 saturated carbocycles.